The van der Waals surface area contributed by atoms with E-state index in [9.17, 15) is 13.2 Å². The quantitative estimate of drug-likeness (QED) is 0.573. The largest absolute Gasteiger partial charge is 0.322 e. The van der Waals surface area contributed by atoms with Crippen LogP contribution in [0.4, 0.5) is 5.69 Å². The maximum atomic E-state index is 12.6. The van der Waals surface area contributed by atoms with E-state index in [2.05, 4.69) is 21.7 Å². The molecule has 8 heteroatoms. The summed E-state index contributed by atoms with van der Waals surface area (Å²) in [6.45, 7) is 4.14. The lowest BCUT2D eigenvalue weighted by atomic mass is 10.1. The number of para-hydroxylation sites is 1. The summed E-state index contributed by atoms with van der Waals surface area (Å²) in [5, 5.41) is 7.05. The van der Waals surface area contributed by atoms with Crippen molar-refractivity contribution in [2.24, 2.45) is 0 Å². The maximum absolute atomic E-state index is 12.6. The molecule has 28 heavy (non-hydrogen) atoms. The molecule has 1 amide bonds. The van der Waals surface area contributed by atoms with Crippen LogP contribution in [0.3, 0.4) is 0 Å². The van der Waals surface area contributed by atoms with Crippen LogP contribution < -0.4 is 10.0 Å². The fourth-order valence-corrected chi connectivity index (χ4v) is 3.58. The van der Waals surface area contributed by atoms with Crippen molar-refractivity contribution in [2.45, 2.75) is 11.4 Å². The van der Waals surface area contributed by atoms with Crippen LogP contribution in [-0.4, -0.2) is 30.7 Å². The van der Waals surface area contributed by atoms with Crippen molar-refractivity contribution in [3.63, 3.8) is 0 Å². The van der Waals surface area contributed by atoms with Gasteiger partial charge in [-0.15, -0.1) is 6.58 Å². The van der Waals surface area contributed by atoms with Crippen LogP contribution in [0.5, 0.6) is 0 Å². The second-order valence-electron chi connectivity index (χ2n) is 5.98. The average Bonchev–Trinajstić information content (AvgIpc) is 3.21. The fraction of sp³-hybridized carbons (Fsp3) is 0.100. The standard InChI is InChI=1S/C20H20N4O3S/c1-2-12-22-28(26,27)18-10-8-16(9-11-18)20(25)23-19-7-4-3-6-17(19)15-24-14-5-13-21-24/h2-11,13-14,22H,1,12,15H2,(H,23,25). The fourth-order valence-electron chi connectivity index (χ4n) is 2.58. The number of hydrogen-bond acceptors (Lipinski definition) is 4. The Morgan fingerprint density at radius 2 is 1.86 bits per heavy atom. The normalized spacial score (nSPS) is 11.1. The first-order valence-electron chi connectivity index (χ1n) is 8.57. The molecule has 0 radical (unpaired) electrons. The van der Waals surface area contributed by atoms with E-state index in [1.807, 2.05) is 36.5 Å². The van der Waals surface area contributed by atoms with Gasteiger partial charge in [0.2, 0.25) is 10.0 Å². The number of sulfonamides is 1. The lowest BCUT2D eigenvalue weighted by molar-refractivity contribution is 0.102. The molecular weight excluding hydrogens is 376 g/mol. The van der Waals surface area contributed by atoms with E-state index in [1.54, 1.807) is 10.9 Å². The molecule has 2 aromatic carbocycles. The van der Waals surface area contributed by atoms with Gasteiger partial charge in [0.25, 0.3) is 5.91 Å². The Morgan fingerprint density at radius 3 is 2.54 bits per heavy atom. The molecule has 0 saturated carbocycles. The number of anilines is 1. The summed E-state index contributed by atoms with van der Waals surface area (Å²) < 4.78 is 28.3. The van der Waals surface area contributed by atoms with Gasteiger partial charge in [0, 0.05) is 30.2 Å². The second kappa shape index (κ2) is 8.64. The monoisotopic (exact) mass is 396 g/mol. The molecule has 144 valence electrons. The van der Waals surface area contributed by atoms with Gasteiger partial charge >= 0.3 is 0 Å². The van der Waals surface area contributed by atoms with Crippen LogP contribution in [0.2, 0.25) is 0 Å². The lowest BCUT2D eigenvalue weighted by Crippen LogP contribution is -2.23. The number of aromatic nitrogens is 2. The Morgan fingerprint density at radius 1 is 1.11 bits per heavy atom. The van der Waals surface area contributed by atoms with Crippen molar-refractivity contribution in [1.82, 2.24) is 14.5 Å². The highest BCUT2D eigenvalue weighted by atomic mass is 32.2. The number of rotatable bonds is 8. The number of carbonyl (C=O) groups is 1. The van der Waals surface area contributed by atoms with Gasteiger partial charge in [-0.05, 0) is 42.0 Å². The third-order valence-electron chi connectivity index (χ3n) is 4.00. The Hall–Kier alpha value is -3.23. The molecule has 0 fully saturated rings. The highest BCUT2D eigenvalue weighted by Gasteiger charge is 2.14. The summed E-state index contributed by atoms with van der Waals surface area (Å²) in [5.74, 6) is -0.323. The highest BCUT2D eigenvalue weighted by molar-refractivity contribution is 7.89. The summed E-state index contributed by atoms with van der Waals surface area (Å²) in [4.78, 5) is 12.7. The van der Waals surface area contributed by atoms with Crippen LogP contribution in [0.15, 0.2) is 84.5 Å². The van der Waals surface area contributed by atoms with Crippen molar-refractivity contribution >= 4 is 21.6 Å². The van der Waals surface area contributed by atoms with Crippen molar-refractivity contribution in [2.75, 3.05) is 11.9 Å². The molecule has 0 unspecified atom stereocenters. The summed E-state index contributed by atoms with van der Waals surface area (Å²) in [6, 6.07) is 15.1. The van der Waals surface area contributed by atoms with Crippen LogP contribution in [-0.2, 0) is 16.6 Å². The van der Waals surface area contributed by atoms with Gasteiger partial charge < -0.3 is 5.32 Å². The molecule has 2 N–H and O–H groups in total. The predicted molar refractivity (Wildman–Crippen MR) is 108 cm³/mol. The van der Waals surface area contributed by atoms with Crippen molar-refractivity contribution in [1.29, 1.82) is 0 Å². The van der Waals surface area contributed by atoms with Gasteiger partial charge in [0.05, 0.1) is 11.4 Å². The Balaban J connectivity index is 1.74. The van der Waals surface area contributed by atoms with E-state index in [1.165, 1.54) is 30.3 Å². The minimum absolute atomic E-state index is 0.0879. The van der Waals surface area contributed by atoms with Gasteiger partial charge in [-0.1, -0.05) is 24.3 Å². The first-order valence-corrected chi connectivity index (χ1v) is 10.1. The third kappa shape index (κ3) is 4.73. The minimum atomic E-state index is -3.62. The average molecular weight is 396 g/mol. The first kappa shape index (κ1) is 19.5. The molecule has 0 atom stereocenters. The molecule has 0 aliphatic carbocycles. The summed E-state index contributed by atoms with van der Waals surface area (Å²) in [6.07, 6.45) is 5.00. The number of carbonyl (C=O) groups excluding carboxylic acids is 1. The predicted octanol–water partition coefficient (Wildman–Crippen LogP) is 2.65. The topological polar surface area (TPSA) is 93.1 Å². The number of nitrogens with one attached hydrogen (secondary N) is 2. The van der Waals surface area contributed by atoms with Crippen LogP contribution in [0, 0.1) is 0 Å². The zero-order valence-corrected chi connectivity index (χ0v) is 15.9. The lowest BCUT2D eigenvalue weighted by Gasteiger charge is -2.12. The molecular formula is C20H20N4O3S. The molecule has 1 aromatic heterocycles. The SMILES string of the molecule is C=CCNS(=O)(=O)c1ccc(C(=O)Nc2ccccc2Cn2cccn2)cc1. The zero-order valence-electron chi connectivity index (χ0n) is 15.1. The van der Waals surface area contributed by atoms with Gasteiger partial charge in [-0.25, -0.2) is 13.1 Å². The number of amides is 1. The maximum Gasteiger partial charge on any atom is 0.255 e. The van der Waals surface area contributed by atoms with Gasteiger partial charge in [-0.2, -0.15) is 5.10 Å². The van der Waals surface area contributed by atoms with Gasteiger partial charge in [0.1, 0.15) is 0 Å². The molecule has 0 bridgehead atoms. The number of hydrogen-bond donors (Lipinski definition) is 2. The molecule has 7 nitrogen and oxygen atoms in total. The van der Waals surface area contributed by atoms with E-state index in [0.29, 0.717) is 17.8 Å². The molecule has 0 spiro atoms. The van der Waals surface area contributed by atoms with Gasteiger partial charge in [-0.3, -0.25) is 9.48 Å². The van der Waals surface area contributed by atoms with E-state index < -0.39 is 10.0 Å². The van der Waals surface area contributed by atoms with Crippen molar-refractivity contribution < 1.29 is 13.2 Å². The second-order valence-corrected chi connectivity index (χ2v) is 7.75. The van der Waals surface area contributed by atoms with Gasteiger partial charge in [0.15, 0.2) is 0 Å². The van der Waals surface area contributed by atoms with E-state index in [-0.39, 0.29) is 17.3 Å². The number of nitrogens with zero attached hydrogens (tertiary/aromatic N) is 2. The van der Waals surface area contributed by atoms with Crippen LogP contribution in [0.1, 0.15) is 15.9 Å². The number of benzene rings is 2. The van der Waals surface area contributed by atoms with E-state index in [0.717, 1.165) is 5.56 Å². The Labute approximate surface area is 163 Å². The zero-order chi connectivity index (χ0) is 20.0. The minimum Gasteiger partial charge on any atom is -0.322 e. The molecule has 3 rings (SSSR count). The van der Waals surface area contributed by atoms with E-state index in [4.69, 9.17) is 0 Å². The third-order valence-corrected chi connectivity index (χ3v) is 5.44. The molecule has 3 aromatic rings. The summed E-state index contributed by atoms with van der Waals surface area (Å²) in [7, 11) is -3.62. The molecule has 1 heterocycles. The Kier molecular flexibility index (Phi) is 6.03. The summed E-state index contributed by atoms with van der Waals surface area (Å²) >= 11 is 0. The smallest absolute Gasteiger partial charge is 0.255 e. The highest BCUT2D eigenvalue weighted by Crippen LogP contribution is 2.18. The summed E-state index contributed by atoms with van der Waals surface area (Å²) in [5.41, 5.74) is 1.94. The van der Waals surface area contributed by atoms with Crippen LogP contribution in [0.25, 0.3) is 0 Å². The first-order chi connectivity index (χ1) is 13.5. The van der Waals surface area contributed by atoms with E-state index >= 15 is 0 Å². The Bertz CT molecular complexity index is 1060. The molecule has 0 aliphatic heterocycles. The van der Waals surface area contributed by atoms with Crippen molar-refractivity contribution in [3.05, 3.63) is 90.8 Å². The van der Waals surface area contributed by atoms with Crippen molar-refractivity contribution in [3.8, 4) is 0 Å². The molecule has 0 aliphatic rings. The van der Waals surface area contributed by atoms with Crippen LogP contribution >= 0.6 is 0 Å². The molecule has 0 saturated heterocycles.